The molecule has 6 nitrogen and oxygen atoms in total. The Morgan fingerprint density at radius 3 is 2.37 bits per heavy atom. The summed E-state index contributed by atoms with van der Waals surface area (Å²) in [7, 11) is 3.48. The number of carbonyl (C=O) groups is 2. The molecule has 3 rings (SSSR count). The standard InChI is InChI=1S/C24H27F5N4O2/c1-33(2)15(9-14-3-4-17(22(30)35)19(25)10-14)12-32-21(34)11-18(16-5-8-31-13-20(16)26)23(6-7-23)24(27,28)29/h3-5,8,10,13,15,18H,6-7,9,11-12H2,1-2H3,(H2,30,35)(H,32,34)/t15-,18+/m0/s1. The van der Waals surface area contributed by atoms with E-state index < -0.39 is 47.4 Å². The van der Waals surface area contributed by atoms with E-state index in [0.717, 1.165) is 6.20 Å². The Balaban J connectivity index is 1.72. The monoisotopic (exact) mass is 498 g/mol. The minimum atomic E-state index is -4.58. The van der Waals surface area contributed by atoms with E-state index in [1.165, 1.54) is 24.4 Å². The van der Waals surface area contributed by atoms with Crippen molar-refractivity contribution in [1.29, 1.82) is 0 Å². The average Bonchev–Trinajstić information content (AvgIpc) is 3.57. The van der Waals surface area contributed by atoms with E-state index in [1.54, 1.807) is 25.1 Å². The van der Waals surface area contributed by atoms with Crippen molar-refractivity contribution in [1.82, 2.24) is 15.2 Å². The summed E-state index contributed by atoms with van der Waals surface area (Å²) in [5.74, 6) is -4.56. The first kappa shape index (κ1) is 26.5. The number of carbonyl (C=O) groups excluding carboxylic acids is 2. The Morgan fingerprint density at radius 2 is 1.86 bits per heavy atom. The predicted molar refractivity (Wildman–Crippen MR) is 118 cm³/mol. The van der Waals surface area contributed by atoms with Gasteiger partial charge in [0.1, 0.15) is 11.6 Å². The molecule has 1 heterocycles. The molecule has 1 aliphatic rings. The maximum Gasteiger partial charge on any atom is 0.395 e. The molecule has 0 unspecified atom stereocenters. The van der Waals surface area contributed by atoms with Crippen LogP contribution in [0.15, 0.2) is 36.7 Å². The Bertz CT molecular complexity index is 1090. The molecule has 1 saturated carbocycles. The number of pyridine rings is 1. The smallest absolute Gasteiger partial charge is 0.366 e. The zero-order valence-electron chi connectivity index (χ0n) is 19.3. The number of aromatic nitrogens is 1. The molecule has 1 aliphatic carbocycles. The summed E-state index contributed by atoms with van der Waals surface area (Å²) < 4.78 is 70.0. The minimum Gasteiger partial charge on any atom is -0.366 e. The number of likely N-dealkylation sites (N-methyl/N-ethyl adjacent to an activating group) is 1. The molecule has 11 heteroatoms. The SMILES string of the molecule is CN(C)[C@H](CNC(=O)C[C@H](c1ccncc1F)C1(C(F)(F)F)CC1)Cc1ccc(C(N)=O)c(F)c1. The molecule has 2 aromatic rings. The molecule has 35 heavy (non-hydrogen) atoms. The molecule has 1 aromatic carbocycles. The van der Waals surface area contributed by atoms with Crippen LogP contribution in [0, 0.1) is 17.0 Å². The zero-order valence-corrected chi connectivity index (χ0v) is 19.3. The molecule has 0 radical (unpaired) electrons. The lowest BCUT2D eigenvalue weighted by atomic mass is 9.80. The van der Waals surface area contributed by atoms with Gasteiger partial charge >= 0.3 is 6.18 Å². The molecule has 0 bridgehead atoms. The lowest BCUT2D eigenvalue weighted by molar-refractivity contribution is -0.195. The van der Waals surface area contributed by atoms with Gasteiger partial charge in [0, 0.05) is 31.1 Å². The molecule has 0 aliphatic heterocycles. The zero-order chi connectivity index (χ0) is 26.0. The van der Waals surface area contributed by atoms with E-state index in [2.05, 4.69) is 10.3 Å². The molecule has 0 spiro atoms. The van der Waals surface area contributed by atoms with Crippen LogP contribution in [0.4, 0.5) is 22.0 Å². The van der Waals surface area contributed by atoms with Crippen LogP contribution in [0.1, 0.15) is 46.7 Å². The molecule has 2 amide bonds. The van der Waals surface area contributed by atoms with Crippen LogP contribution >= 0.6 is 0 Å². The fourth-order valence-corrected chi connectivity index (χ4v) is 4.32. The highest BCUT2D eigenvalue weighted by Gasteiger charge is 2.67. The Labute approximate surface area is 199 Å². The highest BCUT2D eigenvalue weighted by Crippen LogP contribution is 2.66. The van der Waals surface area contributed by atoms with Gasteiger partial charge in [-0.25, -0.2) is 8.78 Å². The number of amides is 2. The number of nitrogens with two attached hydrogens (primary N) is 1. The van der Waals surface area contributed by atoms with Crippen molar-refractivity contribution in [2.75, 3.05) is 20.6 Å². The van der Waals surface area contributed by atoms with Crippen molar-refractivity contribution in [2.24, 2.45) is 11.1 Å². The number of nitrogens with one attached hydrogen (secondary N) is 1. The van der Waals surface area contributed by atoms with Gasteiger partial charge in [0.2, 0.25) is 5.91 Å². The molecule has 1 aromatic heterocycles. The summed E-state index contributed by atoms with van der Waals surface area (Å²) in [5, 5.41) is 2.65. The quantitative estimate of drug-likeness (QED) is 0.491. The van der Waals surface area contributed by atoms with Crippen LogP contribution in [0.5, 0.6) is 0 Å². The van der Waals surface area contributed by atoms with E-state index in [4.69, 9.17) is 5.73 Å². The van der Waals surface area contributed by atoms with Gasteiger partial charge < -0.3 is 16.0 Å². The van der Waals surface area contributed by atoms with Crippen LogP contribution < -0.4 is 11.1 Å². The van der Waals surface area contributed by atoms with E-state index in [0.29, 0.717) is 5.56 Å². The predicted octanol–water partition coefficient (Wildman–Crippen LogP) is 3.56. The van der Waals surface area contributed by atoms with Gasteiger partial charge in [-0.1, -0.05) is 6.07 Å². The van der Waals surface area contributed by atoms with Crippen molar-refractivity contribution in [3.63, 3.8) is 0 Å². The topological polar surface area (TPSA) is 88.3 Å². The summed E-state index contributed by atoms with van der Waals surface area (Å²) in [6.45, 7) is 0.0651. The fourth-order valence-electron chi connectivity index (χ4n) is 4.32. The van der Waals surface area contributed by atoms with Crippen molar-refractivity contribution < 1.29 is 31.5 Å². The highest BCUT2D eigenvalue weighted by molar-refractivity contribution is 5.93. The van der Waals surface area contributed by atoms with E-state index >= 15 is 0 Å². The van der Waals surface area contributed by atoms with Gasteiger partial charge in [0.25, 0.3) is 5.91 Å². The number of hydrogen-bond donors (Lipinski definition) is 2. The third-order valence-electron chi connectivity index (χ3n) is 6.62. The molecular formula is C24H27F5N4O2. The molecule has 3 N–H and O–H groups in total. The minimum absolute atomic E-state index is 0.0651. The third-order valence-corrected chi connectivity index (χ3v) is 6.62. The number of hydrogen-bond acceptors (Lipinski definition) is 4. The summed E-state index contributed by atoms with van der Waals surface area (Å²) in [4.78, 5) is 29.3. The Morgan fingerprint density at radius 1 is 1.17 bits per heavy atom. The largest absolute Gasteiger partial charge is 0.395 e. The first-order chi connectivity index (χ1) is 16.4. The van der Waals surface area contributed by atoms with Gasteiger partial charge in [0.05, 0.1) is 17.2 Å². The molecule has 2 atom stereocenters. The first-order valence-electron chi connectivity index (χ1n) is 11.0. The van der Waals surface area contributed by atoms with Crippen molar-refractivity contribution in [3.8, 4) is 0 Å². The number of primary amides is 1. The van der Waals surface area contributed by atoms with Gasteiger partial charge in [0.15, 0.2) is 0 Å². The average molecular weight is 498 g/mol. The number of alkyl halides is 3. The second kappa shape index (κ2) is 10.3. The maximum absolute atomic E-state index is 14.4. The van der Waals surface area contributed by atoms with Gasteiger partial charge in [-0.3, -0.25) is 14.6 Å². The number of nitrogens with zero attached hydrogens (tertiary/aromatic N) is 2. The van der Waals surface area contributed by atoms with E-state index in [1.807, 2.05) is 0 Å². The molecule has 1 fully saturated rings. The van der Waals surface area contributed by atoms with Crippen LogP contribution in [0.2, 0.25) is 0 Å². The normalized spacial score (nSPS) is 16.6. The lowest BCUT2D eigenvalue weighted by Crippen LogP contribution is -2.43. The summed E-state index contributed by atoms with van der Waals surface area (Å²) >= 11 is 0. The Hall–Kier alpha value is -3.08. The summed E-state index contributed by atoms with van der Waals surface area (Å²) in [6.07, 6.45) is -3.13. The van der Waals surface area contributed by atoms with Crippen molar-refractivity contribution in [3.05, 3.63) is 65.0 Å². The number of halogens is 5. The van der Waals surface area contributed by atoms with Crippen LogP contribution in [0.25, 0.3) is 0 Å². The van der Waals surface area contributed by atoms with Gasteiger partial charge in [-0.15, -0.1) is 0 Å². The molecule has 0 saturated heterocycles. The third kappa shape index (κ3) is 5.95. The van der Waals surface area contributed by atoms with Crippen molar-refractivity contribution >= 4 is 11.8 Å². The first-order valence-corrected chi connectivity index (χ1v) is 11.0. The van der Waals surface area contributed by atoms with E-state index in [9.17, 15) is 31.5 Å². The summed E-state index contributed by atoms with van der Waals surface area (Å²) in [6, 6.07) is 4.86. The van der Waals surface area contributed by atoms with E-state index in [-0.39, 0.29) is 43.0 Å². The van der Waals surface area contributed by atoms with Crippen LogP contribution in [-0.4, -0.2) is 54.6 Å². The molecular weight excluding hydrogens is 471 g/mol. The summed E-state index contributed by atoms with van der Waals surface area (Å²) in [5.41, 5.74) is 3.10. The second-order valence-corrected chi connectivity index (χ2v) is 9.11. The molecule has 190 valence electrons. The van der Waals surface area contributed by atoms with Crippen LogP contribution in [-0.2, 0) is 11.2 Å². The number of rotatable bonds is 10. The maximum atomic E-state index is 14.4. The Kier molecular flexibility index (Phi) is 7.78. The number of benzene rings is 1. The van der Waals surface area contributed by atoms with Crippen molar-refractivity contribution in [2.45, 2.75) is 43.8 Å². The fraction of sp³-hybridized carbons (Fsp3) is 0.458. The second-order valence-electron chi connectivity index (χ2n) is 9.11. The van der Waals surface area contributed by atoms with Gasteiger partial charge in [-0.05, 0) is 62.7 Å². The van der Waals surface area contributed by atoms with Crippen LogP contribution in [0.3, 0.4) is 0 Å². The lowest BCUT2D eigenvalue weighted by Gasteiger charge is -2.30. The highest BCUT2D eigenvalue weighted by atomic mass is 19.4. The van der Waals surface area contributed by atoms with Gasteiger partial charge in [-0.2, -0.15) is 13.2 Å².